The highest BCUT2D eigenvalue weighted by Crippen LogP contribution is 2.42. The van der Waals surface area contributed by atoms with E-state index in [2.05, 4.69) is 5.32 Å². The van der Waals surface area contributed by atoms with Gasteiger partial charge in [-0.15, -0.1) is 0 Å². The van der Waals surface area contributed by atoms with Gasteiger partial charge in [0.05, 0.1) is 12.1 Å². The van der Waals surface area contributed by atoms with Crippen LogP contribution in [0.25, 0.3) is 0 Å². The molecule has 1 saturated heterocycles. The number of halogens is 1. The molecule has 1 aromatic carbocycles. The van der Waals surface area contributed by atoms with E-state index in [9.17, 15) is 5.11 Å². The van der Waals surface area contributed by atoms with Crippen molar-refractivity contribution in [2.24, 2.45) is 0 Å². The number of aromatic hydroxyl groups is 1. The van der Waals surface area contributed by atoms with Gasteiger partial charge < -0.3 is 15.2 Å². The molecule has 0 spiro atoms. The molecule has 0 radical (unpaired) electrons. The number of hydrogen-bond donors (Lipinski definition) is 2. The minimum absolute atomic E-state index is 0.0559. The maximum atomic E-state index is 9.96. The minimum Gasteiger partial charge on any atom is -0.503 e. The third-order valence-corrected chi connectivity index (χ3v) is 3.76. The number of benzene rings is 1. The number of hydrogen-bond acceptors (Lipinski definition) is 3. The number of phenolic OH excluding ortho intramolecular Hbond substituents is 1. The van der Waals surface area contributed by atoms with Crippen LogP contribution in [0.5, 0.6) is 11.5 Å². The molecule has 1 fully saturated rings. The molecule has 0 amide bonds. The SMILES string of the molecule is COc1cc(C)c(C2CCCNC2)c(Cl)c1O. The average Bonchev–Trinajstić information content (AvgIpc) is 2.35. The first kappa shape index (κ1) is 12.5. The Morgan fingerprint density at radius 1 is 1.53 bits per heavy atom. The Balaban J connectivity index is 2.42. The average molecular weight is 256 g/mol. The molecule has 17 heavy (non-hydrogen) atoms. The molecule has 4 heteroatoms. The lowest BCUT2D eigenvalue weighted by molar-refractivity contribution is 0.371. The van der Waals surface area contributed by atoms with Crippen molar-refractivity contribution in [3.8, 4) is 11.5 Å². The van der Waals surface area contributed by atoms with E-state index in [0.29, 0.717) is 16.7 Å². The van der Waals surface area contributed by atoms with Crippen molar-refractivity contribution < 1.29 is 9.84 Å². The lowest BCUT2D eigenvalue weighted by atomic mass is 9.88. The largest absolute Gasteiger partial charge is 0.503 e. The minimum atomic E-state index is 0.0559. The first-order chi connectivity index (χ1) is 8.15. The van der Waals surface area contributed by atoms with Crippen LogP contribution in [-0.4, -0.2) is 25.3 Å². The molecule has 0 aliphatic carbocycles. The normalized spacial score (nSPS) is 20.3. The molecule has 94 valence electrons. The topological polar surface area (TPSA) is 41.5 Å². The van der Waals surface area contributed by atoms with Gasteiger partial charge in [-0.05, 0) is 49.4 Å². The summed E-state index contributed by atoms with van der Waals surface area (Å²) >= 11 is 6.26. The second-order valence-electron chi connectivity index (χ2n) is 4.52. The van der Waals surface area contributed by atoms with Gasteiger partial charge >= 0.3 is 0 Å². The van der Waals surface area contributed by atoms with Crippen molar-refractivity contribution >= 4 is 11.6 Å². The molecule has 3 nitrogen and oxygen atoms in total. The van der Waals surface area contributed by atoms with Crippen LogP contribution in [0.3, 0.4) is 0 Å². The summed E-state index contributed by atoms with van der Waals surface area (Å²) in [4.78, 5) is 0. The van der Waals surface area contributed by atoms with Gasteiger partial charge in [-0.2, -0.15) is 0 Å². The standard InChI is InChI=1S/C13H18ClNO2/c1-8-6-10(17-2)13(16)12(14)11(8)9-4-3-5-15-7-9/h6,9,15-16H,3-5,7H2,1-2H3. The summed E-state index contributed by atoms with van der Waals surface area (Å²) in [6, 6.07) is 1.85. The van der Waals surface area contributed by atoms with Crippen molar-refractivity contribution in [1.82, 2.24) is 5.32 Å². The monoisotopic (exact) mass is 255 g/mol. The fraction of sp³-hybridized carbons (Fsp3) is 0.538. The zero-order valence-corrected chi connectivity index (χ0v) is 11.0. The lowest BCUT2D eigenvalue weighted by Gasteiger charge is -2.26. The fourth-order valence-electron chi connectivity index (χ4n) is 2.51. The Labute approximate surface area is 107 Å². The van der Waals surface area contributed by atoms with Crippen LogP contribution in [0, 0.1) is 6.92 Å². The van der Waals surface area contributed by atoms with Gasteiger partial charge in [-0.3, -0.25) is 0 Å². The fourth-order valence-corrected chi connectivity index (χ4v) is 2.90. The molecule has 1 atom stereocenters. The quantitative estimate of drug-likeness (QED) is 0.854. The highest BCUT2D eigenvalue weighted by molar-refractivity contribution is 6.33. The zero-order chi connectivity index (χ0) is 12.4. The van der Waals surface area contributed by atoms with Crippen molar-refractivity contribution in [2.75, 3.05) is 20.2 Å². The van der Waals surface area contributed by atoms with E-state index in [0.717, 1.165) is 37.1 Å². The van der Waals surface area contributed by atoms with E-state index in [1.807, 2.05) is 13.0 Å². The van der Waals surface area contributed by atoms with Crippen molar-refractivity contribution in [3.05, 3.63) is 22.2 Å². The zero-order valence-electron chi connectivity index (χ0n) is 10.2. The highest BCUT2D eigenvalue weighted by atomic mass is 35.5. The third kappa shape index (κ3) is 2.35. The van der Waals surface area contributed by atoms with Crippen molar-refractivity contribution in [2.45, 2.75) is 25.7 Å². The molecule has 1 aromatic rings. The summed E-state index contributed by atoms with van der Waals surface area (Å²) in [7, 11) is 1.53. The Morgan fingerprint density at radius 2 is 2.29 bits per heavy atom. The van der Waals surface area contributed by atoms with E-state index < -0.39 is 0 Å². The summed E-state index contributed by atoms with van der Waals surface area (Å²) in [5.41, 5.74) is 2.13. The number of aryl methyl sites for hydroxylation is 1. The van der Waals surface area contributed by atoms with Gasteiger partial charge in [0.15, 0.2) is 11.5 Å². The van der Waals surface area contributed by atoms with E-state index in [1.54, 1.807) is 0 Å². The number of rotatable bonds is 2. The van der Waals surface area contributed by atoms with E-state index in [4.69, 9.17) is 16.3 Å². The van der Waals surface area contributed by atoms with Gasteiger partial charge in [-0.25, -0.2) is 0 Å². The van der Waals surface area contributed by atoms with Crippen molar-refractivity contribution in [3.63, 3.8) is 0 Å². The van der Waals surface area contributed by atoms with Gasteiger partial charge in [0.1, 0.15) is 0 Å². The van der Waals surface area contributed by atoms with Gasteiger partial charge in [0, 0.05) is 6.54 Å². The lowest BCUT2D eigenvalue weighted by Crippen LogP contribution is -2.28. The van der Waals surface area contributed by atoms with Crippen LogP contribution in [-0.2, 0) is 0 Å². The molecular formula is C13H18ClNO2. The summed E-state index contributed by atoms with van der Waals surface area (Å²) in [6.45, 7) is 4.00. The molecule has 0 saturated carbocycles. The summed E-state index contributed by atoms with van der Waals surface area (Å²) < 4.78 is 5.10. The number of methoxy groups -OCH3 is 1. The Kier molecular flexibility index (Phi) is 3.79. The molecule has 2 N–H and O–H groups in total. The van der Waals surface area contributed by atoms with E-state index >= 15 is 0 Å². The molecular weight excluding hydrogens is 238 g/mol. The first-order valence-electron chi connectivity index (χ1n) is 5.91. The number of phenols is 1. The van der Waals surface area contributed by atoms with E-state index in [-0.39, 0.29) is 5.75 Å². The van der Waals surface area contributed by atoms with Crippen LogP contribution < -0.4 is 10.1 Å². The number of nitrogens with one attached hydrogen (secondary N) is 1. The third-order valence-electron chi connectivity index (χ3n) is 3.38. The summed E-state index contributed by atoms with van der Waals surface area (Å²) in [6.07, 6.45) is 2.26. The molecule has 2 rings (SSSR count). The Hall–Kier alpha value is -0.930. The molecule has 0 bridgehead atoms. The highest BCUT2D eigenvalue weighted by Gasteiger charge is 2.23. The number of piperidine rings is 1. The van der Waals surface area contributed by atoms with Gasteiger partial charge in [0.25, 0.3) is 0 Å². The maximum absolute atomic E-state index is 9.96. The molecule has 1 aliphatic rings. The van der Waals surface area contributed by atoms with Crippen LogP contribution >= 0.6 is 11.6 Å². The predicted octanol–water partition coefficient (Wildman–Crippen LogP) is 2.83. The predicted molar refractivity (Wildman–Crippen MR) is 69.3 cm³/mol. The van der Waals surface area contributed by atoms with Gasteiger partial charge in [-0.1, -0.05) is 11.6 Å². The van der Waals surface area contributed by atoms with Crippen LogP contribution in [0.15, 0.2) is 6.07 Å². The summed E-state index contributed by atoms with van der Waals surface area (Å²) in [5, 5.41) is 13.8. The molecule has 1 unspecified atom stereocenters. The smallest absolute Gasteiger partial charge is 0.177 e. The molecule has 1 aliphatic heterocycles. The molecule has 0 aromatic heterocycles. The van der Waals surface area contributed by atoms with Gasteiger partial charge in [0.2, 0.25) is 0 Å². The van der Waals surface area contributed by atoms with Crippen molar-refractivity contribution in [1.29, 1.82) is 0 Å². The van der Waals surface area contributed by atoms with Crippen LogP contribution in [0.4, 0.5) is 0 Å². The van der Waals surface area contributed by atoms with Crippen LogP contribution in [0.2, 0.25) is 5.02 Å². The second-order valence-corrected chi connectivity index (χ2v) is 4.89. The summed E-state index contributed by atoms with van der Waals surface area (Å²) in [5.74, 6) is 0.883. The molecule has 1 heterocycles. The Bertz CT molecular complexity index is 414. The van der Waals surface area contributed by atoms with E-state index in [1.165, 1.54) is 7.11 Å². The first-order valence-corrected chi connectivity index (χ1v) is 6.29. The Morgan fingerprint density at radius 3 is 2.88 bits per heavy atom. The second kappa shape index (κ2) is 5.15. The maximum Gasteiger partial charge on any atom is 0.177 e. The number of ether oxygens (including phenoxy) is 1. The van der Waals surface area contributed by atoms with Crippen LogP contribution in [0.1, 0.15) is 29.9 Å².